The molecule has 0 aromatic carbocycles. The molecule has 114 valence electrons. The molecule has 2 rings (SSSR count). The van der Waals surface area contributed by atoms with Gasteiger partial charge in [-0.05, 0) is 25.7 Å². The van der Waals surface area contributed by atoms with Crippen LogP contribution >= 0.6 is 0 Å². The fraction of sp³-hybridized carbons (Fsp3) is 0.857. The van der Waals surface area contributed by atoms with Crippen LogP contribution in [0.2, 0.25) is 0 Å². The highest BCUT2D eigenvalue weighted by Gasteiger charge is 2.45. The predicted molar refractivity (Wildman–Crippen MR) is 71.3 cm³/mol. The SMILES string of the molecule is O=C(CC1(C(=O)O)CCC1)NCCCOC1CCOC1. The Balaban J connectivity index is 1.54. The van der Waals surface area contributed by atoms with Crippen molar-refractivity contribution >= 4 is 11.9 Å². The molecule has 20 heavy (non-hydrogen) atoms. The first kappa shape index (κ1) is 15.3. The van der Waals surface area contributed by atoms with Crippen molar-refractivity contribution in [1.29, 1.82) is 0 Å². The van der Waals surface area contributed by atoms with Crippen molar-refractivity contribution in [3.05, 3.63) is 0 Å². The van der Waals surface area contributed by atoms with Crippen LogP contribution in [0, 0.1) is 5.41 Å². The van der Waals surface area contributed by atoms with E-state index in [9.17, 15) is 9.59 Å². The predicted octanol–water partition coefficient (Wildman–Crippen LogP) is 0.943. The van der Waals surface area contributed by atoms with Crippen LogP contribution in [0.3, 0.4) is 0 Å². The van der Waals surface area contributed by atoms with E-state index in [-0.39, 0.29) is 18.4 Å². The Morgan fingerprint density at radius 2 is 2.20 bits per heavy atom. The second kappa shape index (κ2) is 7.04. The fourth-order valence-electron chi connectivity index (χ4n) is 2.63. The Labute approximate surface area is 118 Å². The molecular weight excluding hydrogens is 262 g/mol. The Morgan fingerprint density at radius 3 is 2.75 bits per heavy atom. The van der Waals surface area contributed by atoms with Gasteiger partial charge in [0, 0.05) is 26.2 Å². The molecule has 1 atom stereocenters. The highest BCUT2D eigenvalue weighted by atomic mass is 16.5. The number of nitrogens with one attached hydrogen (secondary N) is 1. The molecule has 2 aliphatic rings. The van der Waals surface area contributed by atoms with Gasteiger partial charge in [0.25, 0.3) is 0 Å². The van der Waals surface area contributed by atoms with E-state index >= 15 is 0 Å². The van der Waals surface area contributed by atoms with Gasteiger partial charge in [0.2, 0.25) is 5.91 Å². The zero-order valence-electron chi connectivity index (χ0n) is 11.7. The average Bonchev–Trinajstić information content (AvgIpc) is 2.86. The van der Waals surface area contributed by atoms with Crippen molar-refractivity contribution in [2.24, 2.45) is 5.41 Å². The third-order valence-corrected chi connectivity index (χ3v) is 4.15. The molecule has 1 amide bonds. The monoisotopic (exact) mass is 285 g/mol. The van der Waals surface area contributed by atoms with Gasteiger partial charge >= 0.3 is 5.97 Å². The first-order chi connectivity index (χ1) is 9.62. The van der Waals surface area contributed by atoms with Gasteiger partial charge in [-0.15, -0.1) is 0 Å². The lowest BCUT2D eigenvalue weighted by molar-refractivity contribution is -0.157. The van der Waals surface area contributed by atoms with E-state index in [1.54, 1.807) is 0 Å². The summed E-state index contributed by atoms with van der Waals surface area (Å²) in [6.45, 7) is 2.55. The lowest BCUT2D eigenvalue weighted by Gasteiger charge is -2.36. The number of rotatable bonds is 8. The molecular formula is C14H23NO5. The number of aliphatic carboxylic acids is 1. The van der Waals surface area contributed by atoms with E-state index in [1.807, 2.05) is 0 Å². The fourth-order valence-corrected chi connectivity index (χ4v) is 2.63. The minimum Gasteiger partial charge on any atom is -0.481 e. The van der Waals surface area contributed by atoms with Gasteiger partial charge in [-0.2, -0.15) is 0 Å². The Kier molecular flexibility index (Phi) is 5.37. The molecule has 6 heteroatoms. The summed E-state index contributed by atoms with van der Waals surface area (Å²) in [6.07, 6.45) is 4.09. The van der Waals surface area contributed by atoms with Crippen LogP contribution in [0.5, 0.6) is 0 Å². The van der Waals surface area contributed by atoms with Crippen LogP contribution in [0.4, 0.5) is 0 Å². The first-order valence-electron chi connectivity index (χ1n) is 7.32. The van der Waals surface area contributed by atoms with Crippen LogP contribution in [-0.4, -0.2) is 49.5 Å². The van der Waals surface area contributed by atoms with Gasteiger partial charge < -0.3 is 19.9 Å². The molecule has 1 aliphatic heterocycles. The molecule has 0 radical (unpaired) electrons. The molecule has 1 unspecified atom stereocenters. The molecule has 1 saturated carbocycles. The second-order valence-electron chi connectivity index (χ2n) is 5.68. The van der Waals surface area contributed by atoms with Crippen molar-refractivity contribution in [2.45, 2.75) is 44.6 Å². The van der Waals surface area contributed by atoms with Crippen LogP contribution < -0.4 is 5.32 Å². The van der Waals surface area contributed by atoms with Gasteiger partial charge in [-0.3, -0.25) is 9.59 Å². The summed E-state index contributed by atoms with van der Waals surface area (Å²) in [6, 6.07) is 0. The third kappa shape index (κ3) is 3.93. The highest BCUT2D eigenvalue weighted by Crippen LogP contribution is 2.44. The largest absolute Gasteiger partial charge is 0.481 e. The maximum Gasteiger partial charge on any atom is 0.310 e. The van der Waals surface area contributed by atoms with Crippen molar-refractivity contribution in [1.82, 2.24) is 5.32 Å². The van der Waals surface area contributed by atoms with E-state index < -0.39 is 11.4 Å². The molecule has 0 bridgehead atoms. The summed E-state index contributed by atoms with van der Waals surface area (Å²) in [5.41, 5.74) is -0.804. The van der Waals surface area contributed by atoms with Gasteiger partial charge in [0.15, 0.2) is 0 Å². The molecule has 0 aromatic rings. The number of carboxylic acid groups (broad SMARTS) is 1. The Morgan fingerprint density at radius 1 is 1.40 bits per heavy atom. The number of ether oxygens (including phenoxy) is 2. The Bertz CT molecular complexity index is 347. The van der Waals surface area contributed by atoms with Gasteiger partial charge in [0.1, 0.15) is 0 Å². The summed E-state index contributed by atoms with van der Waals surface area (Å²) in [5, 5.41) is 11.9. The lowest BCUT2D eigenvalue weighted by atomic mass is 9.66. The van der Waals surface area contributed by atoms with E-state index in [2.05, 4.69) is 5.32 Å². The lowest BCUT2D eigenvalue weighted by Crippen LogP contribution is -2.42. The second-order valence-corrected chi connectivity index (χ2v) is 5.68. The number of carboxylic acids is 1. The molecule has 2 fully saturated rings. The molecule has 0 aromatic heterocycles. The minimum absolute atomic E-state index is 0.0969. The summed E-state index contributed by atoms with van der Waals surface area (Å²) in [4.78, 5) is 22.9. The van der Waals surface area contributed by atoms with Crippen molar-refractivity contribution < 1.29 is 24.2 Å². The molecule has 1 heterocycles. The summed E-state index contributed by atoms with van der Waals surface area (Å²) in [7, 11) is 0. The third-order valence-electron chi connectivity index (χ3n) is 4.15. The maximum absolute atomic E-state index is 11.7. The molecule has 6 nitrogen and oxygen atoms in total. The molecule has 1 aliphatic carbocycles. The van der Waals surface area contributed by atoms with Crippen molar-refractivity contribution in [2.75, 3.05) is 26.4 Å². The number of hydrogen-bond donors (Lipinski definition) is 2. The van der Waals surface area contributed by atoms with Crippen molar-refractivity contribution in [3.8, 4) is 0 Å². The standard InChI is InChI=1S/C14H23NO5/c16-12(9-14(13(17)18)4-1-5-14)15-6-2-7-20-11-3-8-19-10-11/h11H,1-10H2,(H,15,16)(H,17,18). The highest BCUT2D eigenvalue weighted by molar-refractivity contribution is 5.85. The van der Waals surface area contributed by atoms with Crippen LogP contribution in [0.15, 0.2) is 0 Å². The van der Waals surface area contributed by atoms with E-state index in [1.165, 1.54) is 0 Å². The number of amides is 1. The molecule has 2 N–H and O–H groups in total. The van der Waals surface area contributed by atoms with Crippen LogP contribution in [0.1, 0.15) is 38.5 Å². The zero-order valence-corrected chi connectivity index (χ0v) is 11.7. The van der Waals surface area contributed by atoms with Crippen molar-refractivity contribution in [3.63, 3.8) is 0 Å². The summed E-state index contributed by atoms with van der Waals surface area (Å²) in [5.74, 6) is -1.01. The van der Waals surface area contributed by atoms with Crippen LogP contribution in [0.25, 0.3) is 0 Å². The van der Waals surface area contributed by atoms with E-state index in [0.29, 0.717) is 32.6 Å². The van der Waals surface area contributed by atoms with Gasteiger partial charge in [0.05, 0.1) is 18.1 Å². The number of carbonyl (C=O) groups is 2. The summed E-state index contributed by atoms with van der Waals surface area (Å²) >= 11 is 0. The molecule has 0 spiro atoms. The van der Waals surface area contributed by atoms with E-state index in [0.717, 1.165) is 25.9 Å². The maximum atomic E-state index is 11.7. The smallest absolute Gasteiger partial charge is 0.310 e. The average molecular weight is 285 g/mol. The quantitative estimate of drug-likeness (QED) is 0.648. The molecule has 1 saturated heterocycles. The minimum atomic E-state index is -0.844. The van der Waals surface area contributed by atoms with Gasteiger partial charge in [-0.1, -0.05) is 6.42 Å². The van der Waals surface area contributed by atoms with E-state index in [4.69, 9.17) is 14.6 Å². The normalized spacial score (nSPS) is 24.1. The number of carbonyl (C=O) groups excluding carboxylic acids is 1. The van der Waals surface area contributed by atoms with Gasteiger partial charge in [-0.25, -0.2) is 0 Å². The number of hydrogen-bond acceptors (Lipinski definition) is 4. The van der Waals surface area contributed by atoms with Crippen LogP contribution in [-0.2, 0) is 19.1 Å². The summed E-state index contributed by atoms with van der Waals surface area (Å²) < 4.78 is 10.8. The first-order valence-corrected chi connectivity index (χ1v) is 7.32. The topological polar surface area (TPSA) is 84.9 Å². The Hall–Kier alpha value is -1.14. The zero-order chi connectivity index (χ0) is 14.4.